The third-order valence-corrected chi connectivity index (χ3v) is 3.94. The highest BCUT2D eigenvalue weighted by molar-refractivity contribution is 7.17. The number of nitrogens with one attached hydrogen (secondary N) is 1. The van der Waals surface area contributed by atoms with Crippen LogP contribution in [-0.4, -0.2) is 12.5 Å². The Labute approximate surface area is 121 Å². The van der Waals surface area contributed by atoms with Gasteiger partial charge in [-0.15, -0.1) is 11.3 Å². The molecule has 19 heavy (non-hydrogen) atoms. The van der Waals surface area contributed by atoms with Gasteiger partial charge in [-0.1, -0.05) is 35.9 Å². The lowest BCUT2D eigenvalue weighted by Crippen LogP contribution is -2.21. The van der Waals surface area contributed by atoms with Gasteiger partial charge in [0.15, 0.2) is 0 Å². The van der Waals surface area contributed by atoms with Crippen LogP contribution in [0, 0.1) is 0 Å². The molecule has 0 aliphatic heterocycles. The molecule has 0 unspecified atom stereocenters. The number of benzene rings is 1. The number of amides is 1. The average Bonchev–Trinajstić information content (AvgIpc) is 2.85. The molecule has 0 saturated heterocycles. The molecule has 0 atom stereocenters. The van der Waals surface area contributed by atoms with Crippen molar-refractivity contribution >= 4 is 28.8 Å². The Balaban J connectivity index is 1.89. The van der Waals surface area contributed by atoms with Crippen LogP contribution in [0.15, 0.2) is 36.4 Å². The predicted octanol–water partition coefficient (Wildman–Crippen LogP) is 2.83. The number of thiophene rings is 1. The minimum Gasteiger partial charge on any atom is -0.347 e. The van der Waals surface area contributed by atoms with Crippen LogP contribution in [0.3, 0.4) is 0 Å². The Kier molecular flexibility index (Phi) is 4.96. The maximum absolute atomic E-state index is 11.8. The van der Waals surface area contributed by atoms with Gasteiger partial charge in [-0.25, -0.2) is 0 Å². The second kappa shape index (κ2) is 6.70. The molecule has 0 fully saturated rings. The van der Waals surface area contributed by atoms with E-state index in [2.05, 4.69) is 5.32 Å². The lowest BCUT2D eigenvalue weighted by atomic mass is 10.1. The summed E-state index contributed by atoms with van der Waals surface area (Å²) in [4.78, 5) is 12.5. The zero-order valence-corrected chi connectivity index (χ0v) is 11.9. The minimum atomic E-state index is -0.0945. The SMILES string of the molecule is NCCc1ccc(CNC(=O)c2ccc(Cl)s2)cc1. The summed E-state index contributed by atoms with van der Waals surface area (Å²) in [6.07, 6.45) is 0.875. The fourth-order valence-corrected chi connectivity index (χ4v) is 2.66. The monoisotopic (exact) mass is 294 g/mol. The molecule has 0 spiro atoms. The zero-order chi connectivity index (χ0) is 13.7. The molecule has 3 N–H and O–H groups in total. The highest BCUT2D eigenvalue weighted by Crippen LogP contribution is 2.21. The predicted molar refractivity (Wildman–Crippen MR) is 79.7 cm³/mol. The molecule has 1 aromatic heterocycles. The molecule has 0 bridgehead atoms. The van der Waals surface area contributed by atoms with Crippen molar-refractivity contribution in [3.63, 3.8) is 0 Å². The normalized spacial score (nSPS) is 10.4. The smallest absolute Gasteiger partial charge is 0.261 e. The summed E-state index contributed by atoms with van der Waals surface area (Å²) in [6.45, 7) is 1.16. The highest BCUT2D eigenvalue weighted by Gasteiger charge is 2.07. The van der Waals surface area contributed by atoms with Crippen molar-refractivity contribution in [1.29, 1.82) is 0 Å². The number of carbonyl (C=O) groups is 1. The second-order valence-corrected chi connectivity index (χ2v) is 5.86. The first kappa shape index (κ1) is 14.1. The Morgan fingerprint density at radius 1 is 1.16 bits per heavy atom. The van der Waals surface area contributed by atoms with Crippen LogP contribution in [0.4, 0.5) is 0 Å². The van der Waals surface area contributed by atoms with Crippen molar-refractivity contribution in [1.82, 2.24) is 5.32 Å². The minimum absolute atomic E-state index is 0.0945. The van der Waals surface area contributed by atoms with E-state index in [-0.39, 0.29) is 5.91 Å². The molecular weight excluding hydrogens is 280 g/mol. The Morgan fingerprint density at radius 3 is 2.42 bits per heavy atom. The van der Waals surface area contributed by atoms with Gasteiger partial charge in [0.1, 0.15) is 0 Å². The number of hydrogen-bond acceptors (Lipinski definition) is 3. The van der Waals surface area contributed by atoms with Gasteiger partial charge in [-0.3, -0.25) is 4.79 Å². The van der Waals surface area contributed by atoms with Crippen LogP contribution in [0.25, 0.3) is 0 Å². The molecular formula is C14H15ClN2OS. The molecule has 0 aliphatic carbocycles. The zero-order valence-electron chi connectivity index (χ0n) is 10.4. The summed E-state index contributed by atoms with van der Waals surface area (Å²) < 4.78 is 0.622. The standard InChI is InChI=1S/C14H15ClN2OS/c15-13-6-5-12(19-13)14(18)17-9-11-3-1-10(2-4-11)7-8-16/h1-6H,7-9,16H2,(H,17,18). The molecule has 0 aliphatic rings. The van der Waals surface area contributed by atoms with Crippen LogP contribution in [-0.2, 0) is 13.0 Å². The van der Waals surface area contributed by atoms with Gasteiger partial charge < -0.3 is 11.1 Å². The van der Waals surface area contributed by atoms with E-state index >= 15 is 0 Å². The molecule has 2 rings (SSSR count). The van der Waals surface area contributed by atoms with Gasteiger partial charge in [0, 0.05) is 6.54 Å². The van der Waals surface area contributed by atoms with Crippen molar-refractivity contribution in [2.24, 2.45) is 5.73 Å². The summed E-state index contributed by atoms with van der Waals surface area (Å²) in [5, 5.41) is 2.87. The molecule has 2 aromatic rings. The summed E-state index contributed by atoms with van der Waals surface area (Å²) >= 11 is 7.08. The molecule has 0 saturated carbocycles. The van der Waals surface area contributed by atoms with Crippen LogP contribution in [0.2, 0.25) is 4.34 Å². The number of carbonyl (C=O) groups excluding carboxylic acids is 1. The van der Waals surface area contributed by atoms with Crippen molar-refractivity contribution < 1.29 is 4.79 Å². The van der Waals surface area contributed by atoms with Crippen LogP contribution >= 0.6 is 22.9 Å². The van der Waals surface area contributed by atoms with Gasteiger partial charge in [-0.05, 0) is 36.2 Å². The third-order valence-electron chi connectivity index (χ3n) is 2.71. The fourth-order valence-electron chi connectivity index (χ4n) is 1.70. The van der Waals surface area contributed by atoms with Crippen molar-refractivity contribution in [2.45, 2.75) is 13.0 Å². The fraction of sp³-hybridized carbons (Fsp3) is 0.214. The van der Waals surface area contributed by atoms with Crippen LogP contribution in [0.5, 0.6) is 0 Å². The molecule has 1 amide bonds. The van der Waals surface area contributed by atoms with Crippen LogP contribution < -0.4 is 11.1 Å². The molecule has 0 radical (unpaired) electrons. The van der Waals surface area contributed by atoms with E-state index in [9.17, 15) is 4.79 Å². The first-order chi connectivity index (χ1) is 9.19. The number of nitrogens with two attached hydrogens (primary N) is 1. The van der Waals surface area contributed by atoms with Gasteiger partial charge in [0.2, 0.25) is 0 Å². The van der Waals surface area contributed by atoms with Crippen LogP contribution in [0.1, 0.15) is 20.8 Å². The summed E-state index contributed by atoms with van der Waals surface area (Å²) in [5.74, 6) is -0.0945. The van der Waals surface area contributed by atoms with Gasteiger partial charge in [0.05, 0.1) is 9.21 Å². The Hall–Kier alpha value is -1.36. The van der Waals surface area contributed by atoms with E-state index in [0.717, 1.165) is 12.0 Å². The highest BCUT2D eigenvalue weighted by atomic mass is 35.5. The summed E-state index contributed by atoms with van der Waals surface area (Å²) in [7, 11) is 0. The van der Waals surface area contributed by atoms with Crippen molar-refractivity contribution in [3.8, 4) is 0 Å². The Bertz CT molecular complexity index is 551. The topological polar surface area (TPSA) is 55.1 Å². The lowest BCUT2D eigenvalue weighted by Gasteiger charge is -2.05. The lowest BCUT2D eigenvalue weighted by molar-refractivity contribution is 0.0955. The summed E-state index contributed by atoms with van der Waals surface area (Å²) in [6, 6.07) is 11.5. The van der Waals surface area contributed by atoms with E-state index in [4.69, 9.17) is 17.3 Å². The molecule has 1 aromatic carbocycles. The Morgan fingerprint density at radius 2 is 1.84 bits per heavy atom. The third kappa shape index (κ3) is 4.06. The van der Waals surface area contributed by atoms with E-state index in [1.807, 2.05) is 24.3 Å². The van der Waals surface area contributed by atoms with E-state index < -0.39 is 0 Å². The quantitative estimate of drug-likeness (QED) is 0.891. The molecule has 100 valence electrons. The first-order valence-electron chi connectivity index (χ1n) is 6.00. The van der Waals surface area contributed by atoms with Gasteiger partial charge in [-0.2, -0.15) is 0 Å². The molecule has 5 heteroatoms. The maximum atomic E-state index is 11.8. The second-order valence-electron chi connectivity index (χ2n) is 4.14. The maximum Gasteiger partial charge on any atom is 0.261 e. The van der Waals surface area contributed by atoms with Gasteiger partial charge in [0.25, 0.3) is 5.91 Å². The van der Waals surface area contributed by atoms with E-state index in [0.29, 0.717) is 22.3 Å². The van der Waals surface area contributed by atoms with E-state index in [1.165, 1.54) is 16.9 Å². The number of rotatable bonds is 5. The molecule has 1 heterocycles. The van der Waals surface area contributed by atoms with Crippen molar-refractivity contribution in [3.05, 3.63) is 56.7 Å². The number of halogens is 1. The molecule has 3 nitrogen and oxygen atoms in total. The van der Waals surface area contributed by atoms with Gasteiger partial charge >= 0.3 is 0 Å². The first-order valence-corrected chi connectivity index (χ1v) is 7.20. The number of hydrogen-bond donors (Lipinski definition) is 2. The van der Waals surface area contributed by atoms with E-state index in [1.54, 1.807) is 12.1 Å². The van der Waals surface area contributed by atoms with Crippen molar-refractivity contribution in [2.75, 3.05) is 6.54 Å². The summed E-state index contributed by atoms with van der Waals surface area (Å²) in [5.41, 5.74) is 7.77. The largest absolute Gasteiger partial charge is 0.347 e. The average molecular weight is 295 g/mol.